The molecule has 1 aromatic rings. The number of carbonyl (C=O) groups is 1. The average Bonchev–Trinajstić information content (AvgIpc) is 2.94. The molecular formula is C23H31NO5S. The van der Waals surface area contributed by atoms with Gasteiger partial charge in [-0.15, -0.1) is 6.58 Å². The Labute approximate surface area is 178 Å². The summed E-state index contributed by atoms with van der Waals surface area (Å²) in [4.78, 5) is 11.9. The number of allylic oxidation sites excluding steroid dienone is 1. The molecule has 0 aromatic heterocycles. The van der Waals surface area contributed by atoms with Crippen molar-refractivity contribution < 1.29 is 22.9 Å². The minimum atomic E-state index is -4.68. The van der Waals surface area contributed by atoms with Crippen LogP contribution in [0, 0.1) is 17.3 Å². The lowest BCUT2D eigenvalue weighted by molar-refractivity contribution is -0.115. The average molecular weight is 434 g/mol. The fourth-order valence-electron chi connectivity index (χ4n) is 6.99. The molecule has 0 aliphatic heterocycles. The summed E-state index contributed by atoms with van der Waals surface area (Å²) in [6.07, 6.45) is 8.08. The normalized spacial score (nSPS) is 35.1. The van der Waals surface area contributed by atoms with E-state index in [1.54, 1.807) is 12.1 Å². The molecular weight excluding hydrogens is 402 g/mol. The van der Waals surface area contributed by atoms with E-state index in [4.69, 9.17) is 0 Å². The first-order chi connectivity index (χ1) is 14.0. The molecule has 1 aromatic carbocycles. The van der Waals surface area contributed by atoms with Gasteiger partial charge in [-0.1, -0.05) is 19.1 Å². The van der Waals surface area contributed by atoms with Crippen molar-refractivity contribution in [2.45, 2.75) is 70.3 Å². The second kappa shape index (κ2) is 7.18. The molecule has 6 nitrogen and oxygen atoms in total. The number of aryl methyl sites for hydroxylation is 1. The van der Waals surface area contributed by atoms with Gasteiger partial charge in [-0.3, -0.25) is 9.35 Å². The molecule has 164 valence electrons. The number of carbonyl (C=O) groups excluding carboxylic acids is 1. The molecule has 0 bridgehead atoms. The number of nitrogens with zero attached hydrogens (tertiary/aromatic N) is 1. The Kier molecular flexibility index (Phi) is 5.15. The Morgan fingerprint density at radius 3 is 2.70 bits per heavy atom. The number of anilines is 1. The van der Waals surface area contributed by atoms with E-state index in [-0.39, 0.29) is 22.6 Å². The minimum Gasteiger partial charge on any atom is -0.393 e. The molecule has 3 aliphatic carbocycles. The summed E-state index contributed by atoms with van der Waals surface area (Å²) in [5.74, 6) is 0.149. The first-order valence-corrected chi connectivity index (χ1v) is 12.1. The largest absolute Gasteiger partial charge is 0.393 e. The molecule has 5 atom stereocenters. The van der Waals surface area contributed by atoms with Crippen LogP contribution in [-0.4, -0.2) is 30.1 Å². The highest BCUT2D eigenvalue weighted by Crippen LogP contribution is 2.64. The van der Waals surface area contributed by atoms with Crippen LogP contribution in [0.2, 0.25) is 0 Å². The van der Waals surface area contributed by atoms with Gasteiger partial charge in [-0.25, -0.2) is 0 Å². The lowest BCUT2D eigenvalue weighted by atomic mass is 9.48. The summed E-state index contributed by atoms with van der Waals surface area (Å²) < 4.78 is 33.5. The number of aliphatic hydroxyl groups excluding tert-OH is 1. The van der Waals surface area contributed by atoms with Crippen molar-refractivity contribution >= 4 is 21.9 Å². The SMILES string of the molecule is C=CCC12CC[C@]3(C)CC(O)CC3C1CCc1cc(N(C(C)=O)S(=O)(=O)O)ccc12. The molecule has 4 rings (SSSR count). The van der Waals surface area contributed by atoms with E-state index in [0.29, 0.717) is 16.1 Å². The van der Waals surface area contributed by atoms with Crippen LogP contribution in [0.25, 0.3) is 0 Å². The van der Waals surface area contributed by atoms with E-state index in [0.717, 1.165) is 57.4 Å². The van der Waals surface area contributed by atoms with Gasteiger partial charge in [-0.2, -0.15) is 12.7 Å². The maximum Gasteiger partial charge on any atom is 0.366 e. The molecule has 0 spiro atoms. The zero-order valence-electron chi connectivity index (χ0n) is 17.7. The van der Waals surface area contributed by atoms with Gasteiger partial charge in [0.1, 0.15) is 0 Å². The molecule has 2 fully saturated rings. The maximum absolute atomic E-state index is 11.9. The van der Waals surface area contributed by atoms with Crippen molar-refractivity contribution in [2.75, 3.05) is 4.31 Å². The molecule has 4 unspecified atom stereocenters. The zero-order chi connectivity index (χ0) is 21.9. The first-order valence-electron chi connectivity index (χ1n) is 10.7. The Hall–Kier alpha value is -1.70. The van der Waals surface area contributed by atoms with E-state index in [1.807, 2.05) is 12.1 Å². The summed E-state index contributed by atoms with van der Waals surface area (Å²) >= 11 is 0. The molecule has 3 aliphatic rings. The van der Waals surface area contributed by atoms with Gasteiger partial charge < -0.3 is 5.11 Å². The van der Waals surface area contributed by atoms with E-state index in [1.165, 1.54) is 5.56 Å². The van der Waals surface area contributed by atoms with Crippen LogP contribution < -0.4 is 4.31 Å². The van der Waals surface area contributed by atoms with Crippen molar-refractivity contribution in [2.24, 2.45) is 17.3 Å². The third kappa shape index (κ3) is 3.22. The second-order valence-corrected chi connectivity index (χ2v) is 11.0. The maximum atomic E-state index is 11.9. The molecule has 0 heterocycles. The summed E-state index contributed by atoms with van der Waals surface area (Å²) in [6.45, 7) is 7.46. The number of aliphatic hydroxyl groups is 1. The second-order valence-electron chi connectivity index (χ2n) is 9.75. The molecule has 2 N–H and O–H groups in total. The lowest BCUT2D eigenvalue weighted by Gasteiger charge is -2.56. The number of benzene rings is 1. The number of fused-ring (bicyclic) bond motifs is 5. The van der Waals surface area contributed by atoms with Crippen molar-refractivity contribution in [3.05, 3.63) is 42.0 Å². The first kappa shape index (κ1) is 21.5. The Morgan fingerprint density at radius 2 is 2.07 bits per heavy atom. The third-order valence-corrected chi connectivity index (χ3v) is 9.00. The standard InChI is InChI=1S/C23H31NO5S/c1-4-9-23-11-10-22(3)14-18(26)13-21(22)20(23)7-5-16-12-17(6-8-19(16)23)24(15(2)25)30(27,28)29/h4,6,8,12,18,20-21,26H,1,5,7,9-11,13-14H2,2-3H3,(H,27,28,29)/t18?,20?,21?,22-,23?/m1/s1. The Bertz CT molecular complexity index is 989. The van der Waals surface area contributed by atoms with Crippen molar-refractivity contribution in [3.63, 3.8) is 0 Å². The van der Waals surface area contributed by atoms with Crippen molar-refractivity contribution in [3.8, 4) is 0 Å². The van der Waals surface area contributed by atoms with Crippen LogP contribution in [0.15, 0.2) is 30.9 Å². The topological polar surface area (TPSA) is 94.9 Å². The number of rotatable bonds is 4. The lowest BCUT2D eigenvalue weighted by Crippen LogP contribution is -2.50. The van der Waals surface area contributed by atoms with Crippen LogP contribution >= 0.6 is 0 Å². The molecule has 0 saturated heterocycles. The van der Waals surface area contributed by atoms with Crippen LogP contribution in [0.3, 0.4) is 0 Å². The van der Waals surface area contributed by atoms with E-state index < -0.39 is 16.2 Å². The van der Waals surface area contributed by atoms with Gasteiger partial charge in [0.15, 0.2) is 0 Å². The van der Waals surface area contributed by atoms with E-state index in [2.05, 4.69) is 13.5 Å². The van der Waals surface area contributed by atoms with Gasteiger partial charge >= 0.3 is 10.3 Å². The smallest absolute Gasteiger partial charge is 0.366 e. The van der Waals surface area contributed by atoms with Crippen LogP contribution in [0.5, 0.6) is 0 Å². The Morgan fingerprint density at radius 1 is 1.33 bits per heavy atom. The molecule has 30 heavy (non-hydrogen) atoms. The predicted molar refractivity (Wildman–Crippen MR) is 116 cm³/mol. The number of hydrogen-bond acceptors (Lipinski definition) is 4. The van der Waals surface area contributed by atoms with Crippen molar-refractivity contribution in [1.82, 2.24) is 0 Å². The van der Waals surface area contributed by atoms with Gasteiger partial charge in [0, 0.05) is 12.3 Å². The highest BCUT2D eigenvalue weighted by molar-refractivity contribution is 7.88. The highest BCUT2D eigenvalue weighted by Gasteiger charge is 2.58. The molecule has 0 radical (unpaired) electrons. The molecule has 7 heteroatoms. The summed E-state index contributed by atoms with van der Waals surface area (Å²) in [5, 5.41) is 10.4. The summed E-state index contributed by atoms with van der Waals surface area (Å²) in [6, 6.07) is 5.30. The third-order valence-electron chi connectivity index (χ3n) is 8.07. The van der Waals surface area contributed by atoms with E-state index in [9.17, 15) is 22.9 Å². The fourth-order valence-corrected chi connectivity index (χ4v) is 7.69. The molecule has 1 amide bonds. The van der Waals surface area contributed by atoms with Gasteiger partial charge in [0.2, 0.25) is 5.91 Å². The van der Waals surface area contributed by atoms with Crippen molar-refractivity contribution in [1.29, 1.82) is 0 Å². The number of amides is 1. The van der Waals surface area contributed by atoms with E-state index >= 15 is 0 Å². The predicted octanol–water partition coefficient (Wildman–Crippen LogP) is 3.79. The monoisotopic (exact) mass is 433 g/mol. The summed E-state index contributed by atoms with van der Waals surface area (Å²) in [5.41, 5.74) is 2.49. The number of hydrogen-bond donors (Lipinski definition) is 2. The van der Waals surface area contributed by atoms with Crippen LogP contribution in [0.1, 0.15) is 63.5 Å². The zero-order valence-corrected chi connectivity index (χ0v) is 18.5. The minimum absolute atomic E-state index is 0.0821. The van der Waals surface area contributed by atoms with Crippen LogP contribution in [0.4, 0.5) is 5.69 Å². The van der Waals surface area contributed by atoms with Gasteiger partial charge in [0.05, 0.1) is 11.8 Å². The van der Waals surface area contributed by atoms with Gasteiger partial charge in [0.25, 0.3) is 0 Å². The van der Waals surface area contributed by atoms with Crippen LogP contribution in [-0.2, 0) is 26.9 Å². The molecule has 2 saturated carbocycles. The highest BCUT2D eigenvalue weighted by atomic mass is 32.2. The Balaban J connectivity index is 1.80. The summed E-state index contributed by atoms with van der Waals surface area (Å²) in [7, 11) is -4.68. The fraction of sp³-hybridized carbons (Fsp3) is 0.609. The quantitative estimate of drug-likeness (QED) is 0.556. The van der Waals surface area contributed by atoms with Gasteiger partial charge in [-0.05, 0) is 85.5 Å².